The molecule has 4 N–H and O–H groups in total. The lowest BCUT2D eigenvalue weighted by molar-refractivity contribution is -0.118. The van der Waals surface area contributed by atoms with E-state index in [1.165, 1.54) is 12.3 Å². The molecule has 0 radical (unpaired) electrons. The van der Waals surface area contributed by atoms with Crippen LogP contribution in [-0.4, -0.2) is 41.8 Å². The average molecular weight is 499 g/mol. The van der Waals surface area contributed by atoms with Crippen molar-refractivity contribution in [3.63, 3.8) is 0 Å². The molecule has 0 saturated carbocycles. The van der Waals surface area contributed by atoms with E-state index >= 15 is 0 Å². The Hall–Kier alpha value is -4.59. The highest BCUT2D eigenvalue weighted by molar-refractivity contribution is 6.11. The predicted octanol–water partition coefficient (Wildman–Crippen LogP) is 4.59. The number of carbonyl (C=O) groups is 2. The zero-order chi connectivity index (χ0) is 26.9. The van der Waals surface area contributed by atoms with Crippen LogP contribution in [0.25, 0.3) is 5.70 Å². The van der Waals surface area contributed by atoms with Gasteiger partial charge in [0.15, 0.2) is 0 Å². The number of likely N-dealkylation sites (tertiary alicyclic amines) is 1. The second-order valence-corrected chi connectivity index (χ2v) is 8.82. The number of allylic oxidation sites excluding steroid dienone is 4. The second kappa shape index (κ2) is 12.4. The Kier molecular flexibility index (Phi) is 9.05. The van der Waals surface area contributed by atoms with Crippen molar-refractivity contribution in [2.75, 3.05) is 18.4 Å². The number of hydrogen-bond acceptors (Lipinski definition) is 4. The highest BCUT2D eigenvalue weighted by Gasteiger charge is 2.28. The maximum Gasteiger partial charge on any atom is 0.323 e. The van der Waals surface area contributed by atoms with Crippen LogP contribution in [0.5, 0.6) is 0 Å². The Labute approximate surface area is 218 Å². The molecule has 8 heteroatoms. The third-order valence-electron chi connectivity index (χ3n) is 5.72. The standard InChI is InChI=1S/C29H34N6O2/c1-7-10-24(35-17-23(18-35)32-27(36)8-2)15-20(6)31-29(37)33-22-13-11-21(12-14-22)26-16-25(19(4)5)28(34-26)30-9-3/h7-16,23H,2-3,6,17-18H2,1,4-5H3,(H,30,34)(H,32,36)(H2,31,33,37)/b10-7-,24-15+. The van der Waals surface area contributed by atoms with Gasteiger partial charge >= 0.3 is 6.03 Å². The number of amidine groups is 1. The van der Waals surface area contributed by atoms with Gasteiger partial charge in [0.2, 0.25) is 5.91 Å². The maximum absolute atomic E-state index is 12.5. The van der Waals surface area contributed by atoms with E-state index < -0.39 is 0 Å². The summed E-state index contributed by atoms with van der Waals surface area (Å²) in [7, 11) is 0. The summed E-state index contributed by atoms with van der Waals surface area (Å²) in [6, 6.07) is 7.21. The molecule has 1 aromatic carbocycles. The maximum atomic E-state index is 12.5. The number of amides is 3. The van der Waals surface area contributed by atoms with E-state index in [9.17, 15) is 9.59 Å². The number of nitrogens with zero attached hydrogens (tertiary/aromatic N) is 2. The summed E-state index contributed by atoms with van der Waals surface area (Å²) in [5.74, 6) is 0.586. The van der Waals surface area contributed by atoms with Gasteiger partial charge in [-0.25, -0.2) is 9.79 Å². The first-order chi connectivity index (χ1) is 17.7. The Morgan fingerprint density at radius 2 is 1.86 bits per heavy atom. The Balaban J connectivity index is 1.57. The van der Waals surface area contributed by atoms with Gasteiger partial charge in [0.25, 0.3) is 0 Å². The minimum atomic E-state index is -0.390. The van der Waals surface area contributed by atoms with Crippen LogP contribution in [0.15, 0.2) is 108 Å². The number of anilines is 1. The summed E-state index contributed by atoms with van der Waals surface area (Å²) in [5, 5.41) is 11.8. The van der Waals surface area contributed by atoms with Crippen LogP contribution in [0.2, 0.25) is 0 Å². The highest BCUT2D eigenvalue weighted by atomic mass is 16.2. The van der Waals surface area contributed by atoms with Crippen LogP contribution in [0.4, 0.5) is 10.5 Å². The van der Waals surface area contributed by atoms with Gasteiger partial charge in [-0.1, -0.05) is 43.5 Å². The normalized spacial score (nSPS) is 16.6. The molecule has 0 bridgehead atoms. The lowest BCUT2D eigenvalue weighted by Crippen LogP contribution is -2.58. The lowest BCUT2D eigenvalue weighted by atomic mass is 10.1. The molecule has 192 valence electrons. The molecule has 37 heavy (non-hydrogen) atoms. The molecule has 3 rings (SSSR count). The molecule has 0 spiro atoms. The summed E-state index contributed by atoms with van der Waals surface area (Å²) in [6.45, 7) is 18.4. The van der Waals surface area contributed by atoms with Crippen molar-refractivity contribution in [1.82, 2.24) is 20.9 Å². The third kappa shape index (κ3) is 7.20. The van der Waals surface area contributed by atoms with E-state index in [-0.39, 0.29) is 18.0 Å². The van der Waals surface area contributed by atoms with Crippen molar-refractivity contribution < 1.29 is 9.59 Å². The predicted molar refractivity (Wildman–Crippen MR) is 151 cm³/mol. The topological polar surface area (TPSA) is 97.9 Å². The lowest BCUT2D eigenvalue weighted by Gasteiger charge is -2.41. The fourth-order valence-electron chi connectivity index (χ4n) is 3.89. The molecule has 2 heterocycles. The largest absolute Gasteiger partial charge is 0.367 e. The second-order valence-electron chi connectivity index (χ2n) is 8.82. The Morgan fingerprint density at radius 3 is 2.46 bits per heavy atom. The fraction of sp³-hybridized carbons (Fsp3) is 0.207. The number of aliphatic imine (C=N–C) groups is 1. The molecular weight excluding hydrogens is 464 g/mol. The molecule has 0 atom stereocenters. The van der Waals surface area contributed by atoms with E-state index in [1.54, 1.807) is 6.08 Å². The molecule has 0 aromatic heterocycles. The van der Waals surface area contributed by atoms with Crippen LogP contribution in [-0.2, 0) is 4.79 Å². The Bertz CT molecular complexity index is 1240. The van der Waals surface area contributed by atoms with Crippen LogP contribution in [0.1, 0.15) is 26.3 Å². The number of urea groups is 1. The minimum Gasteiger partial charge on any atom is -0.367 e. The number of benzene rings is 1. The van der Waals surface area contributed by atoms with Crippen molar-refractivity contribution in [3.8, 4) is 0 Å². The van der Waals surface area contributed by atoms with E-state index in [0.717, 1.165) is 33.9 Å². The molecule has 2 aliphatic heterocycles. The molecule has 8 nitrogen and oxygen atoms in total. The Morgan fingerprint density at radius 1 is 1.16 bits per heavy atom. The molecule has 0 aliphatic carbocycles. The van der Waals surface area contributed by atoms with Gasteiger partial charge in [0.05, 0.1) is 6.04 Å². The van der Waals surface area contributed by atoms with E-state index in [2.05, 4.69) is 57.0 Å². The first kappa shape index (κ1) is 27.0. The molecule has 2 aliphatic rings. The SMILES string of the molecule is C=CN=C1NC(c2ccc(NC(=O)NC(=C)/C=C(\C=C/C)N3CC(NC(=O)C=C)C3)cc2)=CC1=C(C)C. The number of nitrogens with one attached hydrogen (secondary N) is 4. The quantitative estimate of drug-likeness (QED) is 0.296. The number of carbonyl (C=O) groups excluding carboxylic acids is 2. The first-order valence-corrected chi connectivity index (χ1v) is 12.0. The number of rotatable bonds is 9. The summed E-state index contributed by atoms with van der Waals surface area (Å²) in [5.41, 5.74) is 6.09. The van der Waals surface area contributed by atoms with E-state index in [1.807, 2.05) is 57.2 Å². The molecule has 1 aromatic rings. The molecule has 1 fully saturated rings. The highest BCUT2D eigenvalue weighted by Crippen LogP contribution is 2.24. The summed E-state index contributed by atoms with van der Waals surface area (Å²) >= 11 is 0. The van der Waals surface area contributed by atoms with Gasteiger partial charge in [-0.2, -0.15) is 0 Å². The zero-order valence-electron chi connectivity index (χ0n) is 21.6. The zero-order valence-corrected chi connectivity index (χ0v) is 21.6. The van der Waals surface area contributed by atoms with Crippen molar-refractivity contribution in [2.45, 2.75) is 26.8 Å². The van der Waals surface area contributed by atoms with Gasteiger partial charge in [-0.05, 0) is 62.8 Å². The summed E-state index contributed by atoms with van der Waals surface area (Å²) in [6.07, 6.45) is 10.5. The van der Waals surface area contributed by atoms with Crippen molar-refractivity contribution in [2.24, 2.45) is 4.99 Å². The van der Waals surface area contributed by atoms with Crippen LogP contribution in [0, 0.1) is 0 Å². The molecule has 1 saturated heterocycles. The van der Waals surface area contributed by atoms with Gasteiger partial charge in [0, 0.05) is 47.6 Å². The molecule has 3 amide bonds. The third-order valence-corrected chi connectivity index (χ3v) is 5.72. The van der Waals surface area contributed by atoms with Gasteiger partial charge < -0.3 is 26.2 Å². The minimum absolute atomic E-state index is 0.0660. The van der Waals surface area contributed by atoms with Crippen LogP contribution < -0.4 is 21.3 Å². The van der Waals surface area contributed by atoms with Gasteiger partial charge in [-0.15, -0.1) is 0 Å². The van der Waals surface area contributed by atoms with Gasteiger partial charge in [0.1, 0.15) is 5.84 Å². The monoisotopic (exact) mass is 498 g/mol. The smallest absolute Gasteiger partial charge is 0.323 e. The number of hydrogen-bond donors (Lipinski definition) is 4. The first-order valence-electron chi connectivity index (χ1n) is 12.0. The molecular formula is C29H34N6O2. The summed E-state index contributed by atoms with van der Waals surface area (Å²) < 4.78 is 0. The summed E-state index contributed by atoms with van der Waals surface area (Å²) in [4.78, 5) is 30.4. The van der Waals surface area contributed by atoms with Crippen molar-refractivity contribution in [1.29, 1.82) is 0 Å². The average Bonchev–Trinajstić information content (AvgIpc) is 3.25. The van der Waals surface area contributed by atoms with Crippen molar-refractivity contribution >= 4 is 29.2 Å². The van der Waals surface area contributed by atoms with Gasteiger partial charge in [-0.3, -0.25) is 4.79 Å². The van der Waals surface area contributed by atoms with Crippen LogP contribution in [0.3, 0.4) is 0 Å². The van der Waals surface area contributed by atoms with Crippen LogP contribution >= 0.6 is 0 Å². The fourth-order valence-corrected chi connectivity index (χ4v) is 3.89. The van der Waals surface area contributed by atoms with E-state index in [4.69, 9.17) is 0 Å². The molecule has 0 unspecified atom stereocenters. The van der Waals surface area contributed by atoms with Crippen molar-refractivity contribution in [3.05, 3.63) is 109 Å². The van der Waals surface area contributed by atoms with E-state index in [0.29, 0.717) is 24.5 Å².